The number of carbonyl (C=O) groups is 1. The largest absolute Gasteiger partial charge is 0.301 e. The zero-order valence-electron chi connectivity index (χ0n) is 13.3. The molecular weight excluding hydrogens is 386 g/mol. The molecule has 1 aromatic heterocycles. The maximum Gasteiger partial charge on any atom is 0.257 e. The Morgan fingerprint density at radius 3 is 2.71 bits per heavy atom. The Labute approximate surface area is 153 Å². The van der Waals surface area contributed by atoms with Gasteiger partial charge in [0.1, 0.15) is 5.54 Å². The summed E-state index contributed by atoms with van der Waals surface area (Å²) < 4.78 is 0.947. The van der Waals surface area contributed by atoms with E-state index < -0.39 is 5.54 Å². The molecule has 6 heteroatoms. The van der Waals surface area contributed by atoms with Gasteiger partial charge in [0.25, 0.3) is 5.91 Å². The molecule has 4 nitrogen and oxygen atoms in total. The monoisotopic (exact) mass is 401 g/mol. The molecular formula is C18H16BrN3OS. The Bertz CT molecular complexity index is 835. The van der Waals surface area contributed by atoms with E-state index in [9.17, 15) is 4.79 Å². The molecule has 1 amide bonds. The number of benzene rings is 1. The molecule has 1 atom stereocenters. The van der Waals surface area contributed by atoms with E-state index in [4.69, 9.17) is 4.99 Å². The van der Waals surface area contributed by atoms with Crippen LogP contribution in [0, 0.1) is 0 Å². The van der Waals surface area contributed by atoms with E-state index in [0.29, 0.717) is 10.7 Å². The Kier molecular flexibility index (Phi) is 4.87. The lowest BCUT2D eigenvalue weighted by Crippen LogP contribution is -2.33. The van der Waals surface area contributed by atoms with Crippen LogP contribution >= 0.6 is 27.7 Å². The van der Waals surface area contributed by atoms with E-state index in [1.807, 2.05) is 44.2 Å². The van der Waals surface area contributed by atoms with Gasteiger partial charge in [-0.05, 0) is 49.1 Å². The summed E-state index contributed by atoms with van der Waals surface area (Å²) in [6.45, 7) is 3.99. The number of hydrogen-bond acceptors (Lipinski definition) is 4. The Morgan fingerprint density at radius 2 is 2.00 bits per heavy atom. The van der Waals surface area contributed by atoms with E-state index in [1.165, 1.54) is 11.8 Å². The third-order valence-electron chi connectivity index (χ3n) is 3.57. The Hall–Kier alpha value is -1.92. The lowest BCUT2D eigenvalue weighted by molar-refractivity contribution is 0.0978. The number of pyridine rings is 1. The molecule has 3 rings (SSSR count). The number of aliphatic imine (C=N–C) groups is 1. The van der Waals surface area contributed by atoms with Crippen LogP contribution in [0.5, 0.6) is 0 Å². The van der Waals surface area contributed by atoms with Gasteiger partial charge in [-0.3, -0.25) is 9.78 Å². The maximum absolute atomic E-state index is 12.4. The minimum absolute atomic E-state index is 0.166. The minimum Gasteiger partial charge on any atom is -0.301 e. The van der Waals surface area contributed by atoms with Crippen LogP contribution in [0.4, 0.5) is 0 Å². The maximum atomic E-state index is 12.4. The van der Waals surface area contributed by atoms with Gasteiger partial charge in [-0.25, -0.2) is 4.99 Å². The molecule has 0 fully saturated rings. The number of hydrogen-bond donors (Lipinski definition) is 1. The molecule has 0 unspecified atom stereocenters. The van der Waals surface area contributed by atoms with Crippen LogP contribution in [-0.4, -0.2) is 16.1 Å². The average molecular weight is 402 g/mol. The first-order chi connectivity index (χ1) is 11.5. The zero-order chi connectivity index (χ0) is 17.2. The highest BCUT2D eigenvalue weighted by Crippen LogP contribution is 2.36. The summed E-state index contributed by atoms with van der Waals surface area (Å²) >= 11 is 4.92. The molecule has 24 heavy (non-hydrogen) atoms. The van der Waals surface area contributed by atoms with Crippen LogP contribution in [0.25, 0.3) is 0 Å². The molecule has 1 aliphatic rings. The van der Waals surface area contributed by atoms with Crippen molar-refractivity contribution in [1.82, 2.24) is 10.3 Å². The molecule has 0 radical (unpaired) electrons. The molecule has 122 valence electrons. The van der Waals surface area contributed by atoms with Gasteiger partial charge in [0.05, 0.1) is 5.69 Å². The number of aromatic nitrogens is 1. The Balaban J connectivity index is 1.89. The normalized spacial score (nSPS) is 20.1. The van der Waals surface area contributed by atoms with Gasteiger partial charge < -0.3 is 5.32 Å². The van der Waals surface area contributed by atoms with Crippen LogP contribution < -0.4 is 5.32 Å². The van der Waals surface area contributed by atoms with Gasteiger partial charge in [-0.1, -0.05) is 45.9 Å². The number of thioether (sulfide) groups is 1. The standard InChI is InChI=1S/C18H16BrN3OS/c1-12-11-18(2,15-10-14(19)8-9-20-15)22-17(24-12)21-16(23)13-6-4-3-5-7-13/h3-11H,1-2H3,(H,21,22,23)/t18-/m0/s1. The summed E-state index contributed by atoms with van der Waals surface area (Å²) in [4.78, 5) is 22.6. The summed E-state index contributed by atoms with van der Waals surface area (Å²) in [5, 5.41) is 3.48. The lowest BCUT2D eigenvalue weighted by Gasteiger charge is -2.27. The topological polar surface area (TPSA) is 54.4 Å². The fraction of sp³-hybridized carbons (Fsp3) is 0.167. The van der Waals surface area contributed by atoms with Crippen molar-refractivity contribution in [2.45, 2.75) is 19.4 Å². The number of rotatable bonds is 2. The van der Waals surface area contributed by atoms with Crippen LogP contribution in [0.15, 0.2) is 69.1 Å². The molecule has 1 aliphatic heterocycles. The van der Waals surface area contributed by atoms with Gasteiger partial charge in [0.15, 0.2) is 5.17 Å². The average Bonchev–Trinajstić information content (AvgIpc) is 2.55. The number of amides is 1. The summed E-state index contributed by atoms with van der Waals surface area (Å²) in [5.41, 5.74) is 0.816. The second kappa shape index (κ2) is 6.91. The summed E-state index contributed by atoms with van der Waals surface area (Å²) in [7, 11) is 0. The highest BCUT2D eigenvalue weighted by atomic mass is 79.9. The molecule has 0 spiro atoms. The number of carbonyl (C=O) groups excluding carboxylic acids is 1. The third kappa shape index (κ3) is 3.76. The van der Waals surface area contributed by atoms with Crippen molar-refractivity contribution >= 4 is 38.8 Å². The van der Waals surface area contributed by atoms with Crippen molar-refractivity contribution in [3.05, 3.63) is 75.4 Å². The predicted molar refractivity (Wildman–Crippen MR) is 102 cm³/mol. The van der Waals surface area contributed by atoms with Crippen LogP contribution in [-0.2, 0) is 5.54 Å². The van der Waals surface area contributed by atoms with Crippen molar-refractivity contribution in [2.75, 3.05) is 0 Å². The van der Waals surface area contributed by atoms with Crippen LogP contribution in [0.3, 0.4) is 0 Å². The number of allylic oxidation sites excluding steroid dienone is 1. The molecule has 1 aromatic carbocycles. The number of nitrogens with one attached hydrogen (secondary N) is 1. The van der Waals surface area contributed by atoms with Crippen molar-refractivity contribution in [2.24, 2.45) is 4.99 Å². The van der Waals surface area contributed by atoms with Crippen molar-refractivity contribution in [3.63, 3.8) is 0 Å². The first-order valence-corrected chi connectivity index (χ1v) is 9.03. The first kappa shape index (κ1) is 16.9. The van der Waals surface area contributed by atoms with E-state index in [0.717, 1.165) is 15.1 Å². The highest BCUT2D eigenvalue weighted by molar-refractivity contribution is 9.10. The fourth-order valence-electron chi connectivity index (χ4n) is 2.47. The highest BCUT2D eigenvalue weighted by Gasteiger charge is 2.30. The second-order valence-electron chi connectivity index (χ2n) is 5.60. The van der Waals surface area contributed by atoms with Crippen molar-refractivity contribution in [3.8, 4) is 0 Å². The lowest BCUT2D eigenvalue weighted by atomic mass is 9.97. The van der Waals surface area contributed by atoms with Gasteiger partial charge >= 0.3 is 0 Å². The molecule has 0 saturated heterocycles. The van der Waals surface area contributed by atoms with Gasteiger partial charge in [0, 0.05) is 16.2 Å². The van der Waals surface area contributed by atoms with Crippen LogP contribution in [0.2, 0.25) is 0 Å². The van der Waals surface area contributed by atoms with E-state index in [-0.39, 0.29) is 5.91 Å². The number of amidine groups is 1. The Morgan fingerprint density at radius 1 is 1.25 bits per heavy atom. The van der Waals surface area contributed by atoms with Gasteiger partial charge in [-0.2, -0.15) is 0 Å². The molecule has 2 heterocycles. The predicted octanol–water partition coefficient (Wildman–Crippen LogP) is 4.50. The van der Waals surface area contributed by atoms with Gasteiger partial charge in [0.2, 0.25) is 0 Å². The summed E-state index contributed by atoms with van der Waals surface area (Å²) in [6.07, 6.45) is 3.80. The molecule has 0 bridgehead atoms. The van der Waals surface area contributed by atoms with Crippen molar-refractivity contribution in [1.29, 1.82) is 0 Å². The smallest absolute Gasteiger partial charge is 0.257 e. The third-order valence-corrected chi connectivity index (χ3v) is 4.89. The quantitative estimate of drug-likeness (QED) is 0.805. The SMILES string of the molecule is CC1=C[C@@](C)(c2cc(Br)ccn2)N=C(NC(=O)c2ccccc2)S1. The molecule has 1 N–H and O–H groups in total. The van der Waals surface area contributed by atoms with E-state index >= 15 is 0 Å². The molecule has 2 aromatic rings. The first-order valence-electron chi connectivity index (χ1n) is 7.42. The van der Waals surface area contributed by atoms with E-state index in [1.54, 1.807) is 18.3 Å². The fourth-order valence-corrected chi connectivity index (χ4v) is 3.78. The molecule has 0 saturated carbocycles. The van der Waals surface area contributed by atoms with Crippen molar-refractivity contribution < 1.29 is 4.79 Å². The van der Waals surface area contributed by atoms with E-state index in [2.05, 4.69) is 32.3 Å². The van der Waals surface area contributed by atoms with Crippen LogP contribution in [0.1, 0.15) is 29.9 Å². The second-order valence-corrected chi connectivity index (χ2v) is 7.75. The summed E-state index contributed by atoms with van der Waals surface area (Å²) in [5.74, 6) is -0.166. The minimum atomic E-state index is -0.613. The summed E-state index contributed by atoms with van der Waals surface area (Å²) in [6, 6.07) is 12.9. The van der Waals surface area contributed by atoms with Gasteiger partial charge in [-0.15, -0.1) is 0 Å². The zero-order valence-corrected chi connectivity index (χ0v) is 15.7. The molecule has 0 aliphatic carbocycles. The number of halogens is 1. The number of nitrogens with zero attached hydrogens (tertiary/aromatic N) is 2.